The molecule has 1 rings (SSSR count). The summed E-state index contributed by atoms with van der Waals surface area (Å²) in [5.74, 6) is 0.0839. The first-order chi connectivity index (χ1) is 9.87. The van der Waals surface area contributed by atoms with Crippen LogP contribution in [0.4, 0.5) is 0 Å². The summed E-state index contributed by atoms with van der Waals surface area (Å²) in [5.41, 5.74) is 0.743. The summed E-state index contributed by atoms with van der Waals surface area (Å²) in [6, 6.07) is 9.98. The van der Waals surface area contributed by atoms with Crippen molar-refractivity contribution in [3.63, 3.8) is 0 Å². The van der Waals surface area contributed by atoms with E-state index in [0.717, 1.165) is 5.56 Å². The second-order valence-corrected chi connectivity index (χ2v) is 6.15. The van der Waals surface area contributed by atoms with Gasteiger partial charge >= 0.3 is 0 Å². The van der Waals surface area contributed by atoms with Crippen LogP contribution < -0.4 is 0 Å². The minimum atomic E-state index is -0.389. The smallest absolute Gasteiger partial charge is 0.132 e. The maximum Gasteiger partial charge on any atom is 0.132 e. The highest BCUT2D eigenvalue weighted by Gasteiger charge is 2.18. The molecule has 0 saturated heterocycles. The lowest BCUT2D eigenvalue weighted by molar-refractivity contribution is -0.373. The fraction of sp³-hybridized carbons (Fsp3) is 0.588. The second-order valence-electron chi connectivity index (χ2n) is 6.15. The van der Waals surface area contributed by atoms with Gasteiger partial charge in [0.05, 0.1) is 12.2 Å². The molecule has 4 heteroatoms. The van der Waals surface area contributed by atoms with Gasteiger partial charge in [-0.2, -0.15) is 0 Å². The maximum absolute atomic E-state index is 11.3. The Morgan fingerprint density at radius 3 is 2.43 bits per heavy atom. The standard InChI is InChI=1S/C17H26O4/c1-14(18)12-16(20-21-17(2,3)4)10-11-19-13-15-8-6-5-7-9-15/h5-9,16H,10-13H2,1-4H3/t16-/m1/s1. The largest absolute Gasteiger partial charge is 0.377 e. The molecule has 0 aliphatic carbocycles. The maximum atomic E-state index is 11.3. The molecule has 4 nitrogen and oxygen atoms in total. The molecule has 0 spiro atoms. The number of hydrogen-bond donors (Lipinski definition) is 0. The third kappa shape index (κ3) is 9.34. The van der Waals surface area contributed by atoms with E-state index in [2.05, 4.69) is 0 Å². The molecule has 0 N–H and O–H groups in total. The van der Waals surface area contributed by atoms with E-state index in [0.29, 0.717) is 26.1 Å². The molecule has 0 bridgehead atoms. The quantitative estimate of drug-likeness (QED) is 0.396. The molecule has 0 aliphatic heterocycles. The van der Waals surface area contributed by atoms with E-state index in [1.165, 1.54) is 0 Å². The number of Topliss-reactive ketones (excluding diaryl/α,β-unsaturated/α-hetero) is 1. The Bertz CT molecular complexity index is 409. The molecule has 1 atom stereocenters. The van der Waals surface area contributed by atoms with Crippen molar-refractivity contribution in [2.75, 3.05) is 6.61 Å². The SMILES string of the molecule is CC(=O)C[C@@H](CCOCc1ccccc1)OOC(C)(C)C. The number of hydrogen-bond acceptors (Lipinski definition) is 4. The van der Waals surface area contributed by atoms with Crippen molar-refractivity contribution in [2.45, 2.75) is 58.8 Å². The zero-order chi connectivity index (χ0) is 15.7. The van der Waals surface area contributed by atoms with E-state index in [-0.39, 0.29) is 17.5 Å². The molecule has 21 heavy (non-hydrogen) atoms. The van der Waals surface area contributed by atoms with Gasteiger partial charge in [0.25, 0.3) is 0 Å². The summed E-state index contributed by atoms with van der Waals surface area (Å²) in [7, 11) is 0. The van der Waals surface area contributed by atoms with Crippen molar-refractivity contribution in [3.05, 3.63) is 35.9 Å². The lowest BCUT2D eigenvalue weighted by Gasteiger charge is -2.22. The lowest BCUT2D eigenvalue weighted by atomic mass is 10.1. The van der Waals surface area contributed by atoms with E-state index in [1.807, 2.05) is 51.1 Å². The van der Waals surface area contributed by atoms with Gasteiger partial charge in [0.15, 0.2) is 0 Å². The highest BCUT2D eigenvalue weighted by molar-refractivity contribution is 5.75. The molecule has 0 fully saturated rings. The van der Waals surface area contributed by atoms with Gasteiger partial charge in [0, 0.05) is 19.4 Å². The molecule has 1 aromatic carbocycles. The first kappa shape index (κ1) is 17.8. The first-order valence-corrected chi connectivity index (χ1v) is 7.32. The van der Waals surface area contributed by atoms with Crippen molar-refractivity contribution in [2.24, 2.45) is 0 Å². The van der Waals surface area contributed by atoms with Gasteiger partial charge < -0.3 is 4.74 Å². The zero-order valence-corrected chi connectivity index (χ0v) is 13.4. The molecule has 118 valence electrons. The minimum Gasteiger partial charge on any atom is -0.377 e. The third-order valence-electron chi connectivity index (χ3n) is 2.65. The van der Waals surface area contributed by atoms with Crippen LogP contribution >= 0.6 is 0 Å². The van der Waals surface area contributed by atoms with Gasteiger partial charge in [-0.15, -0.1) is 0 Å². The lowest BCUT2D eigenvalue weighted by Crippen LogP contribution is -2.26. The highest BCUT2D eigenvalue weighted by atomic mass is 17.2. The van der Waals surface area contributed by atoms with Crippen molar-refractivity contribution >= 4 is 5.78 Å². The number of ether oxygens (including phenoxy) is 1. The summed E-state index contributed by atoms with van der Waals surface area (Å²) in [6.07, 6.45) is 0.699. The summed E-state index contributed by atoms with van der Waals surface area (Å²) >= 11 is 0. The molecule has 0 unspecified atom stereocenters. The Labute approximate surface area is 127 Å². The summed E-state index contributed by atoms with van der Waals surface area (Å²) in [4.78, 5) is 21.9. The molecule has 0 saturated carbocycles. The van der Waals surface area contributed by atoms with E-state index >= 15 is 0 Å². The molecular weight excluding hydrogens is 268 g/mol. The van der Waals surface area contributed by atoms with Crippen molar-refractivity contribution in [1.82, 2.24) is 0 Å². The zero-order valence-electron chi connectivity index (χ0n) is 13.4. The highest BCUT2D eigenvalue weighted by Crippen LogP contribution is 2.13. The van der Waals surface area contributed by atoms with Crippen LogP contribution in [0.3, 0.4) is 0 Å². The molecule has 0 radical (unpaired) electrons. The Morgan fingerprint density at radius 2 is 1.86 bits per heavy atom. The average Bonchev–Trinajstić information content (AvgIpc) is 2.40. The van der Waals surface area contributed by atoms with Crippen LogP contribution in [-0.4, -0.2) is 24.1 Å². The van der Waals surface area contributed by atoms with Crippen LogP contribution in [0, 0.1) is 0 Å². The Balaban J connectivity index is 2.30. The predicted octanol–water partition coefficient (Wildman–Crippen LogP) is 3.69. The second kappa shape index (κ2) is 8.93. The van der Waals surface area contributed by atoms with Crippen molar-refractivity contribution in [1.29, 1.82) is 0 Å². The van der Waals surface area contributed by atoms with Crippen LogP contribution in [0.25, 0.3) is 0 Å². The molecular formula is C17H26O4. The fourth-order valence-electron chi connectivity index (χ4n) is 1.70. The Kier molecular flexibility index (Phi) is 7.57. The van der Waals surface area contributed by atoms with Crippen LogP contribution in [0.2, 0.25) is 0 Å². The summed E-state index contributed by atoms with van der Waals surface area (Å²) in [6.45, 7) is 8.36. The van der Waals surface area contributed by atoms with Gasteiger partial charge in [-0.3, -0.25) is 4.79 Å². The van der Waals surface area contributed by atoms with Crippen LogP contribution in [-0.2, 0) is 25.9 Å². The van der Waals surface area contributed by atoms with Gasteiger partial charge in [-0.25, -0.2) is 9.78 Å². The van der Waals surface area contributed by atoms with Gasteiger partial charge in [-0.05, 0) is 33.3 Å². The topological polar surface area (TPSA) is 44.8 Å². The Morgan fingerprint density at radius 1 is 1.19 bits per heavy atom. The molecule has 0 aliphatic rings. The number of carbonyl (C=O) groups is 1. The fourth-order valence-corrected chi connectivity index (χ4v) is 1.70. The summed E-state index contributed by atoms with van der Waals surface area (Å²) in [5, 5.41) is 0. The Hall–Kier alpha value is -1.23. The average molecular weight is 294 g/mol. The summed E-state index contributed by atoms with van der Waals surface area (Å²) < 4.78 is 5.62. The molecule has 0 aromatic heterocycles. The number of benzene rings is 1. The van der Waals surface area contributed by atoms with E-state index in [4.69, 9.17) is 14.5 Å². The predicted molar refractivity (Wildman–Crippen MR) is 81.7 cm³/mol. The molecule has 0 amide bonds. The van der Waals surface area contributed by atoms with E-state index in [1.54, 1.807) is 6.92 Å². The van der Waals surface area contributed by atoms with E-state index < -0.39 is 0 Å². The third-order valence-corrected chi connectivity index (χ3v) is 2.65. The minimum absolute atomic E-state index is 0.0839. The molecule has 0 heterocycles. The number of carbonyl (C=O) groups excluding carboxylic acids is 1. The normalized spacial score (nSPS) is 13.1. The monoisotopic (exact) mass is 294 g/mol. The van der Waals surface area contributed by atoms with Crippen LogP contribution in [0.1, 0.15) is 46.1 Å². The van der Waals surface area contributed by atoms with Crippen LogP contribution in [0.15, 0.2) is 30.3 Å². The van der Waals surface area contributed by atoms with Gasteiger partial charge in [0.2, 0.25) is 0 Å². The van der Waals surface area contributed by atoms with Gasteiger partial charge in [-0.1, -0.05) is 30.3 Å². The van der Waals surface area contributed by atoms with Crippen molar-refractivity contribution < 1.29 is 19.3 Å². The van der Waals surface area contributed by atoms with Crippen molar-refractivity contribution in [3.8, 4) is 0 Å². The number of ketones is 1. The molecule has 1 aromatic rings. The van der Waals surface area contributed by atoms with E-state index in [9.17, 15) is 4.79 Å². The number of rotatable bonds is 9. The van der Waals surface area contributed by atoms with Gasteiger partial charge in [0.1, 0.15) is 11.9 Å². The first-order valence-electron chi connectivity index (χ1n) is 7.32. The van der Waals surface area contributed by atoms with Crippen LogP contribution in [0.5, 0.6) is 0 Å².